The molecular formula is C53H76N8O8. The highest BCUT2D eigenvalue weighted by Gasteiger charge is 2.36. The van der Waals surface area contributed by atoms with E-state index in [4.69, 9.17) is 24.4 Å². The monoisotopic (exact) mass is 953 g/mol. The molecule has 69 heavy (non-hydrogen) atoms. The summed E-state index contributed by atoms with van der Waals surface area (Å²) in [7, 11) is 1.63. The van der Waals surface area contributed by atoms with Gasteiger partial charge < -0.3 is 44.3 Å². The maximum Gasteiger partial charge on any atom is 0.408 e. The third-order valence-electron chi connectivity index (χ3n) is 14.4. The highest BCUT2D eigenvalue weighted by molar-refractivity contribution is 5.96. The van der Waals surface area contributed by atoms with Crippen molar-refractivity contribution in [3.63, 3.8) is 0 Å². The minimum absolute atomic E-state index is 0.126. The number of rotatable bonds is 9. The normalized spacial score (nSPS) is 21.7. The smallest absolute Gasteiger partial charge is 0.408 e. The first kappa shape index (κ1) is 50.1. The van der Waals surface area contributed by atoms with E-state index in [0.29, 0.717) is 42.8 Å². The van der Waals surface area contributed by atoms with Gasteiger partial charge in [0.1, 0.15) is 28.7 Å². The number of para-hydroxylation sites is 1. The van der Waals surface area contributed by atoms with Gasteiger partial charge in [0, 0.05) is 80.6 Å². The highest BCUT2D eigenvalue weighted by atomic mass is 16.6. The van der Waals surface area contributed by atoms with E-state index >= 15 is 0 Å². The number of pyridine rings is 1. The Balaban J connectivity index is 0.000000395. The fraction of sp³-hybridized carbons (Fsp3) is 0.642. The van der Waals surface area contributed by atoms with Crippen LogP contribution in [-0.2, 0) is 20.8 Å². The molecule has 4 amide bonds. The summed E-state index contributed by atoms with van der Waals surface area (Å²) in [4.78, 5) is 56.3. The summed E-state index contributed by atoms with van der Waals surface area (Å²) >= 11 is 0. The fourth-order valence-electron chi connectivity index (χ4n) is 11.0. The number of fused-ring (bicyclic) bond motifs is 2. The molecule has 4 saturated heterocycles. The van der Waals surface area contributed by atoms with E-state index in [2.05, 4.69) is 46.4 Å². The molecule has 7 heterocycles. The second kappa shape index (κ2) is 20.9. The number of carbonyl (C=O) groups excluding carboxylic acids is 3. The van der Waals surface area contributed by atoms with Crippen LogP contribution in [0.4, 0.5) is 9.59 Å². The Hall–Kier alpha value is -5.35. The molecule has 3 N–H and O–H groups in total. The summed E-state index contributed by atoms with van der Waals surface area (Å²) in [6.45, 7) is 19.3. The Kier molecular flexibility index (Phi) is 15.2. The van der Waals surface area contributed by atoms with Gasteiger partial charge in [0.05, 0.1) is 23.9 Å². The zero-order valence-corrected chi connectivity index (χ0v) is 42.3. The lowest BCUT2D eigenvalue weighted by molar-refractivity contribution is -0.147. The standard InChI is InChI=1S/C43H56N6O6.C10H20N2O2/c1-27-37(45-49-25-31(23-36(53-5)38(27)49)40(50)47-18-9-11-32(26-47)44-42(52)55-43(2,3)4)34-22-30-10-8-12-33(39(30)48(34)24-28-14-15-28)29-16-19-46(20-17-29)41(51)35-13-6-7-21-54-35;1-10(2,3)12(9(13)14)8-5-4-6-11-7-8/h8,10,12,22-23,25,28-29,32,35H,6-7,9,11,13-21,24,26H2,1-5H3,(H,44,52);8,11H,4-7H2,1-3H3,(H,13,14)/t32-,35?;8-/m11/s1. The van der Waals surface area contributed by atoms with Gasteiger partial charge in [-0.25, -0.2) is 14.1 Å². The number of amides is 4. The average molecular weight is 953 g/mol. The molecule has 4 aromatic rings. The molecule has 5 fully saturated rings. The number of hydrogen-bond acceptors (Lipinski definition) is 9. The molecule has 4 aliphatic heterocycles. The number of likely N-dealkylation sites (tertiary alicyclic amines) is 2. The molecule has 376 valence electrons. The number of piperidine rings is 3. The lowest BCUT2D eigenvalue weighted by Gasteiger charge is -2.41. The van der Waals surface area contributed by atoms with Crippen LogP contribution in [0.3, 0.4) is 0 Å². The van der Waals surface area contributed by atoms with Crippen LogP contribution < -0.4 is 15.4 Å². The van der Waals surface area contributed by atoms with Crippen LogP contribution in [0.25, 0.3) is 27.8 Å². The minimum Gasteiger partial charge on any atom is -0.494 e. The third kappa shape index (κ3) is 11.6. The van der Waals surface area contributed by atoms with Gasteiger partial charge in [0.25, 0.3) is 11.8 Å². The van der Waals surface area contributed by atoms with Gasteiger partial charge in [-0.1, -0.05) is 18.2 Å². The Bertz CT molecular complexity index is 2480. The number of benzene rings is 1. The molecular weight excluding hydrogens is 877 g/mol. The summed E-state index contributed by atoms with van der Waals surface area (Å²) in [5.41, 5.74) is 5.96. The van der Waals surface area contributed by atoms with E-state index in [9.17, 15) is 19.2 Å². The predicted molar refractivity (Wildman–Crippen MR) is 266 cm³/mol. The number of carbonyl (C=O) groups is 4. The largest absolute Gasteiger partial charge is 0.494 e. The van der Waals surface area contributed by atoms with Gasteiger partial charge in [0.15, 0.2) is 0 Å². The van der Waals surface area contributed by atoms with Gasteiger partial charge in [-0.3, -0.25) is 14.5 Å². The van der Waals surface area contributed by atoms with Crippen LogP contribution in [0.1, 0.15) is 140 Å². The highest BCUT2D eigenvalue weighted by Crippen LogP contribution is 2.42. The van der Waals surface area contributed by atoms with Crippen LogP contribution in [0.15, 0.2) is 36.5 Å². The van der Waals surface area contributed by atoms with Crippen molar-refractivity contribution >= 4 is 40.4 Å². The molecule has 0 spiro atoms. The predicted octanol–water partition coefficient (Wildman–Crippen LogP) is 8.60. The van der Waals surface area contributed by atoms with Gasteiger partial charge in [-0.15, -0.1) is 0 Å². The van der Waals surface area contributed by atoms with Gasteiger partial charge in [-0.2, -0.15) is 5.10 Å². The van der Waals surface area contributed by atoms with E-state index in [1.165, 1.54) is 29.3 Å². The number of methoxy groups -OCH3 is 1. The second-order valence-corrected chi connectivity index (χ2v) is 21.9. The number of carboxylic acid groups (broad SMARTS) is 1. The molecule has 1 aromatic carbocycles. The van der Waals surface area contributed by atoms with Crippen molar-refractivity contribution in [3.8, 4) is 17.1 Å². The summed E-state index contributed by atoms with van der Waals surface area (Å²) in [5.74, 6) is 1.61. The third-order valence-corrected chi connectivity index (χ3v) is 14.4. The SMILES string of the molecule is CC(C)(C)N(C(=O)O)[C@@H]1CCCNC1.COc1cc(C(=O)N2CCC[C@@H](NC(=O)OC(C)(C)C)C2)cn2nc(-c3cc4cccc(C5CCN(C(=O)C6CCCCO6)CC5)c4n3CC3CC3)c(C)c12. The van der Waals surface area contributed by atoms with Crippen molar-refractivity contribution in [3.05, 3.63) is 53.2 Å². The van der Waals surface area contributed by atoms with E-state index in [-0.39, 0.29) is 35.5 Å². The van der Waals surface area contributed by atoms with Crippen molar-refractivity contribution in [2.45, 2.75) is 161 Å². The van der Waals surface area contributed by atoms with E-state index < -0.39 is 17.8 Å². The number of nitrogens with one attached hydrogen (secondary N) is 2. The van der Waals surface area contributed by atoms with E-state index in [1.807, 2.05) is 58.7 Å². The maximum absolute atomic E-state index is 14.0. The number of nitrogens with zero attached hydrogens (tertiary/aromatic N) is 6. The Morgan fingerprint density at radius 1 is 0.913 bits per heavy atom. The molecule has 1 aliphatic carbocycles. The molecule has 5 aliphatic rings. The van der Waals surface area contributed by atoms with E-state index in [1.54, 1.807) is 21.4 Å². The lowest BCUT2D eigenvalue weighted by Crippen LogP contribution is -2.56. The Labute approximate surface area is 407 Å². The molecule has 0 bridgehead atoms. The average Bonchev–Trinajstić information content (AvgIpc) is 3.98. The van der Waals surface area contributed by atoms with Crippen molar-refractivity contribution in [1.82, 2.24) is 39.5 Å². The first-order valence-corrected chi connectivity index (χ1v) is 25.5. The van der Waals surface area contributed by atoms with Crippen molar-refractivity contribution < 1.29 is 38.5 Å². The van der Waals surface area contributed by atoms with Crippen LogP contribution in [0.5, 0.6) is 5.75 Å². The van der Waals surface area contributed by atoms with Gasteiger partial charge >= 0.3 is 12.2 Å². The summed E-state index contributed by atoms with van der Waals surface area (Å²) in [6.07, 6.45) is 11.1. The van der Waals surface area contributed by atoms with Gasteiger partial charge in [0.2, 0.25) is 0 Å². The molecule has 3 atom stereocenters. The molecule has 9 rings (SSSR count). The number of aromatic nitrogens is 3. The fourth-order valence-corrected chi connectivity index (χ4v) is 11.0. The summed E-state index contributed by atoms with van der Waals surface area (Å²) in [6, 6.07) is 10.7. The van der Waals surface area contributed by atoms with Crippen LogP contribution in [-0.4, -0.2) is 140 Å². The molecule has 0 radical (unpaired) electrons. The molecule has 16 heteroatoms. The van der Waals surface area contributed by atoms with Crippen molar-refractivity contribution in [2.75, 3.05) is 53.0 Å². The quantitative estimate of drug-likeness (QED) is 0.148. The van der Waals surface area contributed by atoms with Gasteiger partial charge in [-0.05, 0) is 155 Å². The first-order chi connectivity index (χ1) is 32.9. The topological polar surface area (TPSA) is 172 Å². The minimum atomic E-state index is -0.814. The van der Waals surface area contributed by atoms with Crippen molar-refractivity contribution in [1.29, 1.82) is 0 Å². The number of ether oxygens (including phenoxy) is 3. The van der Waals surface area contributed by atoms with Crippen molar-refractivity contribution in [2.24, 2.45) is 5.92 Å². The number of alkyl carbamates (subject to hydrolysis) is 1. The Morgan fingerprint density at radius 3 is 2.32 bits per heavy atom. The molecule has 16 nitrogen and oxygen atoms in total. The molecule has 1 unspecified atom stereocenters. The first-order valence-electron chi connectivity index (χ1n) is 25.5. The maximum atomic E-state index is 14.0. The number of hydrogen-bond donors (Lipinski definition) is 3. The van der Waals surface area contributed by atoms with Crippen LogP contribution in [0, 0.1) is 12.8 Å². The van der Waals surface area contributed by atoms with Crippen LogP contribution in [0.2, 0.25) is 0 Å². The second-order valence-electron chi connectivity index (χ2n) is 21.9. The number of aryl methyl sites for hydroxylation is 1. The summed E-state index contributed by atoms with van der Waals surface area (Å²) < 4.78 is 21.5. The van der Waals surface area contributed by atoms with Crippen LogP contribution >= 0.6 is 0 Å². The zero-order valence-electron chi connectivity index (χ0n) is 42.3. The van der Waals surface area contributed by atoms with E-state index in [0.717, 1.165) is 113 Å². The summed E-state index contributed by atoms with van der Waals surface area (Å²) in [5, 5.41) is 21.7. The molecule has 1 saturated carbocycles. The lowest BCUT2D eigenvalue weighted by atomic mass is 9.88. The Morgan fingerprint density at radius 2 is 1.68 bits per heavy atom. The molecule has 3 aromatic heterocycles. The zero-order chi connectivity index (χ0) is 49.2.